The van der Waals surface area contributed by atoms with Gasteiger partial charge in [0.25, 0.3) is 5.56 Å². The predicted octanol–water partition coefficient (Wildman–Crippen LogP) is 4.56. The molecule has 1 aliphatic rings. The van der Waals surface area contributed by atoms with Gasteiger partial charge < -0.3 is 9.47 Å². The summed E-state index contributed by atoms with van der Waals surface area (Å²) in [4.78, 5) is 31.9. The standard InChI is InChI=1S/C25H22BrIN2O4S/c1-4-18-20(24(31)32-3)21(14-9-7-6-8-10-14)29-23(30)19(34-25(29)28-18)12-15-11-16(26)13-17(27)22(15)33-5-2/h6-13,21H,4-5H2,1-3H3/b19-12+/t21-/m0/s1. The molecule has 6 nitrogen and oxygen atoms in total. The highest BCUT2D eigenvalue weighted by atomic mass is 127. The highest BCUT2D eigenvalue weighted by Crippen LogP contribution is 2.32. The topological polar surface area (TPSA) is 69.9 Å². The van der Waals surface area contributed by atoms with Gasteiger partial charge in [0.15, 0.2) is 4.80 Å². The maximum Gasteiger partial charge on any atom is 0.338 e. The molecule has 0 saturated heterocycles. The van der Waals surface area contributed by atoms with Crippen molar-refractivity contribution in [2.45, 2.75) is 26.3 Å². The summed E-state index contributed by atoms with van der Waals surface area (Å²) < 4.78 is 14.9. The molecule has 4 rings (SSSR count). The summed E-state index contributed by atoms with van der Waals surface area (Å²) in [6.45, 7) is 4.38. The van der Waals surface area contributed by atoms with E-state index in [1.165, 1.54) is 18.4 Å². The van der Waals surface area contributed by atoms with Crippen LogP contribution in [0.5, 0.6) is 5.75 Å². The van der Waals surface area contributed by atoms with Crippen LogP contribution in [0.15, 0.2) is 68.0 Å². The van der Waals surface area contributed by atoms with Crippen molar-refractivity contribution in [3.8, 4) is 5.75 Å². The van der Waals surface area contributed by atoms with E-state index < -0.39 is 12.0 Å². The van der Waals surface area contributed by atoms with Crippen molar-refractivity contribution in [3.05, 3.63) is 92.6 Å². The molecule has 0 unspecified atom stereocenters. The number of methoxy groups -OCH3 is 1. The van der Waals surface area contributed by atoms with Crippen LogP contribution in [0.2, 0.25) is 0 Å². The molecule has 0 amide bonds. The van der Waals surface area contributed by atoms with Crippen molar-refractivity contribution in [1.82, 2.24) is 4.57 Å². The number of allylic oxidation sites excluding steroid dienone is 1. The molecule has 3 aromatic rings. The summed E-state index contributed by atoms with van der Waals surface area (Å²) in [6, 6.07) is 12.8. The third kappa shape index (κ3) is 4.65. The molecule has 1 aliphatic heterocycles. The number of carbonyl (C=O) groups is 1. The largest absolute Gasteiger partial charge is 0.492 e. The fourth-order valence-corrected chi connectivity index (χ4v) is 6.66. The van der Waals surface area contributed by atoms with Crippen LogP contribution in [-0.2, 0) is 9.53 Å². The van der Waals surface area contributed by atoms with Gasteiger partial charge in [-0.15, -0.1) is 0 Å². The highest BCUT2D eigenvalue weighted by Gasteiger charge is 2.33. The normalized spacial score (nSPS) is 15.7. The zero-order chi connectivity index (χ0) is 24.4. The number of fused-ring (bicyclic) bond motifs is 1. The van der Waals surface area contributed by atoms with Crippen LogP contribution in [-0.4, -0.2) is 24.3 Å². The fraction of sp³-hybridized carbons (Fsp3) is 0.240. The molecule has 2 heterocycles. The van der Waals surface area contributed by atoms with Crippen LogP contribution in [0, 0.1) is 3.57 Å². The van der Waals surface area contributed by atoms with Gasteiger partial charge >= 0.3 is 5.97 Å². The van der Waals surface area contributed by atoms with Gasteiger partial charge in [-0.3, -0.25) is 9.36 Å². The number of nitrogens with zero attached hydrogens (tertiary/aromatic N) is 2. The molecule has 176 valence electrons. The first-order valence-corrected chi connectivity index (χ1v) is 13.4. The van der Waals surface area contributed by atoms with Gasteiger partial charge in [0, 0.05) is 10.0 Å². The summed E-state index contributed by atoms with van der Waals surface area (Å²) in [7, 11) is 1.35. The summed E-state index contributed by atoms with van der Waals surface area (Å²) in [5.41, 5.74) is 2.42. The molecule has 0 aliphatic carbocycles. The molecule has 0 fully saturated rings. The van der Waals surface area contributed by atoms with Crippen LogP contribution in [0.1, 0.15) is 37.4 Å². The number of rotatable bonds is 6. The Morgan fingerprint density at radius 2 is 2.00 bits per heavy atom. The van der Waals surface area contributed by atoms with Crippen molar-refractivity contribution in [2.24, 2.45) is 4.99 Å². The van der Waals surface area contributed by atoms with Crippen LogP contribution < -0.4 is 19.6 Å². The Morgan fingerprint density at radius 3 is 2.65 bits per heavy atom. The molecule has 0 N–H and O–H groups in total. The van der Waals surface area contributed by atoms with Crippen molar-refractivity contribution >= 4 is 61.9 Å². The second-order valence-corrected chi connectivity index (χ2v) is 10.5. The van der Waals surface area contributed by atoms with Gasteiger partial charge in [0.05, 0.1) is 39.1 Å². The van der Waals surface area contributed by atoms with Crippen molar-refractivity contribution in [1.29, 1.82) is 0 Å². The van der Waals surface area contributed by atoms with E-state index in [0.29, 0.717) is 33.6 Å². The fourth-order valence-electron chi connectivity index (χ4n) is 3.94. The lowest BCUT2D eigenvalue weighted by Gasteiger charge is -2.25. The minimum absolute atomic E-state index is 0.216. The number of benzene rings is 2. The van der Waals surface area contributed by atoms with Crippen LogP contribution in [0.4, 0.5) is 0 Å². The smallest absolute Gasteiger partial charge is 0.338 e. The van der Waals surface area contributed by atoms with E-state index in [4.69, 9.17) is 14.5 Å². The first-order valence-electron chi connectivity index (χ1n) is 10.7. The molecule has 0 spiro atoms. The van der Waals surface area contributed by atoms with Gasteiger partial charge in [-0.25, -0.2) is 9.79 Å². The summed E-state index contributed by atoms with van der Waals surface area (Å²) in [5.74, 6) is 0.241. The lowest BCUT2D eigenvalue weighted by atomic mass is 9.95. The number of carbonyl (C=O) groups excluding carboxylic acids is 1. The Balaban J connectivity index is 2.01. The Hall–Kier alpha value is -2.24. The molecule has 0 saturated carbocycles. The third-order valence-corrected chi connectivity index (χ3v) is 7.62. The maximum absolute atomic E-state index is 13.7. The maximum atomic E-state index is 13.7. The Morgan fingerprint density at radius 1 is 1.26 bits per heavy atom. The van der Waals surface area contributed by atoms with Gasteiger partial charge in [0.2, 0.25) is 0 Å². The second kappa shape index (κ2) is 10.6. The van der Waals surface area contributed by atoms with Crippen LogP contribution in [0.3, 0.4) is 0 Å². The van der Waals surface area contributed by atoms with Crippen molar-refractivity contribution in [3.63, 3.8) is 0 Å². The Labute approximate surface area is 222 Å². The van der Waals surface area contributed by atoms with Crippen molar-refractivity contribution in [2.75, 3.05) is 13.7 Å². The first kappa shape index (κ1) is 24.9. The lowest BCUT2D eigenvalue weighted by molar-refractivity contribution is -0.136. The highest BCUT2D eigenvalue weighted by molar-refractivity contribution is 14.1. The van der Waals surface area contributed by atoms with Crippen LogP contribution in [0.25, 0.3) is 6.08 Å². The molecule has 1 atom stereocenters. The number of esters is 1. The molecule has 2 aromatic carbocycles. The van der Waals surface area contributed by atoms with E-state index in [1.807, 2.05) is 62.4 Å². The van der Waals surface area contributed by atoms with E-state index in [-0.39, 0.29) is 5.56 Å². The third-order valence-electron chi connectivity index (χ3n) is 5.38. The van der Waals surface area contributed by atoms with Crippen molar-refractivity contribution < 1.29 is 14.3 Å². The predicted molar refractivity (Wildman–Crippen MR) is 145 cm³/mol. The number of hydrogen-bond donors (Lipinski definition) is 0. The minimum atomic E-state index is -0.615. The van der Waals surface area contributed by atoms with E-state index >= 15 is 0 Å². The summed E-state index contributed by atoms with van der Waals surface area (Å²) >= 11 is 7.07. The SMILES string of the molecule is CCOc1c(I)cc(Br)cc1/C=c1/sc2n(c1=O)[C@@H](c1ccccc1)C(C(=O)OC)=C(CC)N=2. The number of ether oxygens (including phenoxy) is 2. The Kier molecular flexibility index (Phi) is 7.73. The minimum Gasteiger partial charge on any atom is -0.492 e. The quantitative estimate of drug-likeness (QED) is 0.289. The number of aromatic nitrogens is 1. The number of thiazole rings is 1. The average molecular weight is 653 g/mol. The molecule has 0 radical (unpaired) electrons. The van der Waals surface area contributed by atoms with E-state index in [9.17, 15) is 9.59 Å². The first-order chi connectivity index (χ1) is 16.4. The lowest BCUT2D eigenvalue weighted by Crippen LogP contribution is -2.40. The monoisotopic (exact) mass is 652 g/mol. The number of hydrogen-bond acceptors (Lipinski definition) is 6. The number of halogens is 2. The van der Waals surface area contributed by atoms with E-state index in [2.05, 4.69) is 38.5 Å². The molecule has 34 heavy (non-hydrogen) atoms. The second-order valence-electron chi connectivity index (χ2n) is 7.44. The molecular formula is C25H22BrIN2O4S. The van der Waals surface area contributed by atoms with Gasteiger partial charge in [-0.2, -0.15) is 0 Å². The zero-order valence-electron chi connectivity index (χ0n) is 18.8. The average Bonchev–Trinajstić information content (AvgIpc) is 3.14. The molecule has 9 heteroatoms. The zero-order valence-corrected chi connectivity index (χ0v) is 23.4. The van der Waals surface area contributed by atoms with Gasteiger partial charge in [-0.05, 0) is 59.7 Å². The van der Waals surface area contributed by atoms with E-state index in [0.717, 1.165) is 24.9 Å². The van der Waals surface area contributed by atoms with E-state index in [1.54, 1.807) is 4.57 Å². The van der Waals surface area contributed by atoms with Gasteiger partial charge in [0.1, 0.15) is 5.75 Å². The summed E-state index contributed by atoms with van der Waals surface area (Å²) in [5, 5.41) is 0. The molecular weight excluding hydrogens is 631 g/mol. The molecule has 1 aromatic heterocycles. The van der Waals surface area contributed by atoms with Gasteiger partial charge in [-0.1, -0.05) is 64.5 Å². The molecule has 0 bridgehead atoms. The summed E-state index contributed by atoms with van der Waals surface area (Å²) in [6.07, 6.45) is 2.37. The Bertz CT molecular complexity index is 1460. The van der Waals surface area contributed by atoms with Crippen LogP contribution >= 0.6 is 49.9 Å².